The molecule has 1 saturated heterocycles. The number of hydrogen-bond donors (Lipinski definition) is 1. The quantitative estimate of drug-likeness (QED) is 0.724. The zero-order valence-electron chi connectivity index (χ0n) is 10.6. The normalized spacial score (nSPS) is 37.0. The van der Waals surface area contributed by atoms with Crippen LogP contribution >= 0.6 is 0 Å². The highest BCUT2D eigenvalue weighted by atomic mass is 16.5. The lowest BCUT2D eigenvalue weighted by atomic mass is 9.72. The van der Waals surface area contributed by atoms with Crippen LogP contribution in [0, 0.1) is 5.92 Å². The van der Waals surface area contributed by atoms with Crippen molar-refractivity contribution in [3.8, 4) is 0 Å². The van der Waals surface area contributed by atoms with Gasteiger partial charge >= 0.3 is 0 Å². The predicted molar refractivity (Wildman–Crippen MR) is 62.7 cm³/mol. The van der Waals surface area contributed by atoms with Crippen LogP contribution in [0.4, 0.5) is 0 Å². The maximum Gasteiger partial charge on any atom is 0.0680 e. The molecule has 0 aromatic heterocycles. The Kier molecular flexibility index (Phi) is 2.44. The van der Waals surface area contributed by atoms with E-state index in [2.05, 4.69) is 27.7 Å². The molecule has 0 aromatic carbocycles. The van der Waals surface area contributed by atoms with Crippen LogP contribution in [0.15, 0.2) is 0 Å². The minimum atomic E-state index is -0.0530. The molecule has 1 atom stereocenters. The molecule has 2 heteroatoms. The Hall–Kier alpha value is -0.0800. The molecular weight excluding hydrogens is 186 g/mol. The van der Waals surface area contributed by atoms with Crippen molar-refractivity contribution in [1.82, 2.24) is 0 Å². The van der Waals surface area contributed by atoms with E-state index in [4.69, 9.17) is 10.5 Å². The summed E-state index contributed by atoms with van der Waals surface area (Å²) in [5.41, 5.74) is 6.57. The van der Waals surface area contributed by atoms with Crippen molar-refractivity contribution >= 4 is 0 Å². The van der Waals surface area contributed by atoms with Crippen molar-refractivity contribution in [2.75, 3.05) is 0 Å². The minimum absolute atomic E-state index is 0.00310. The lowest BCUT2D eigenvalue weighted by Crippen LogP contribution is -2.51. The highest BCUT2D eigenvalue weighted by Gasteiger charge is 2.54. The van der Waals surface area contributed by atoms with Crippen LogP contribution in [0.25, 0.3) is 0 Å². The zero-order chi connectivity index (χ0) is 11.3. The first-order chi connectivity index (χ1) is 6.75. The van der Waals surface area contributed by atoms with Crippen LogP contribution in [0.5, 0.6) is 0 Å². The molecule has 2 nitrogen and oxygen atoms in total. The number of nitrogens with two attached hydrogens (primary N) is 1. The van der Waals surface area contributed by atoms with E-state index in [1.54, 1.807) is 0 Å². The van der Waals surface area contributed by atoms with Crippen LogP contribution in [0.3, 0.4) is 0 Å². The average Bonchev–Trinajstić information content (AvgIpc) is 2.54. The van der Waals surface area contributed by atoms with E-state index in [0.717, 1.165) is 6.42 Å². The molecule has 0 amide bonds. The molecule has 0 aromatic rings. The van der Waals surface area contributed by atoms with Crippen molar-refractivity contribution in [1.29, 1.82) is 0 Å². The second-order valence-corrected chi connectivity index (χ2v) is 6.66. The van der Waals surface area contributed by atoms with Gasteiger partial charge in [-0.05, 0) is 47.0 Å². The molecule has 0 bridgehead atoms. The summed E-state index contributed by atoms with van der Waals surface area (Å²) >= 11 is 0. The van der Waals surface area contributed by atoms with Crippen LogP contribution in [0.1, 0.15) is 59.8 Å². The molecule has 1 heterocycles. The minimum Gasteiger partial charge on any atom is -0.369 e. The Morgan fingerprint density at radius 3 is 2.00 bits per heavy atom. The smallest absolute Gasteiger partial charge is 0.0680 e. The van der Waals surface area contributed by atoms with Crippen LogP contribution in [-0.2, 0) is 4.74 Å². The van der Waals surface area contributed by atoms with Gasteiger partial charge in [0.25, 0.3) is 0 Å². The van der Waals surface area contributed by atoms with Gasteiger partial charge in [-0.2, -0.15) is 0 Å². The summed E-state index contributed by atoms with van der Waals surface area (Å²) < 4.78 is 6.15. The van der Waals surface area contributed by atoms with Crippen LogP contribution in [-0.4, -0.2) is 16.7 Å². The van der Waals surface area contributed by atoms with Crippen molar-refractivity contribution in [2.45, 2.75) is 76.5 Å². The number of ether oxygens (including phenoxy) is 1. The molecule has 2 rings (SSSR count). The fourth-order valence-electron chi connectivity index (χ4n) is 3.84. The highest BCUT2D eigenvalue weighted by Crippen LogP contribution is 2.50. The monoisotopic (exact) mass is 211 g/mol. The van der Waals surface area contributed by atoms with Gasteiger partial charge in [0.2, 0.25) is 0 Å². The topological polar surface area (TPSA) is 35.2 Å². The Labute approximate surface area is 93.6 Å². The third-order valence-corrected chi connectivity index (χ3v) is 4.30. The standard InChI is InChI=1S/C13H25NO/c1-11(2)9-10(12(3,4)15-11)13(14)7-5-6-8-13/h10H,5-9,14H2,1-4H3. The summed E-state index contributed by atoms with van der Waals surface area (Å²) in [6.45, 7) is 8.79. The molecule has 2 fully saturated rings. The summed E-state index contributed by atoms with van der Waals surface area (Å²) in [5, 5.41) is 0. The first kappa shape index (κ1) is 11.4. The highest BCUT2D eigenvalue weighted by molar-refractivity contribution is 5.07. The molecule has 0 radical (unpaired) electrons. The lowest BCUT2D eigenvalue weighted by molar-refractivity contribution is -0.0816. The van der Waals surface area contributed by atoms with E-state index < -0.39 is 0 Å². The number of hydrogen-bond acceptors (Lipinski definition) is 2. The molecule has 2 N–H and O–H groups in total. The van der Waals surface area contributed by atoms with Crippen molar-refractivity contribution < 1.29 is 4.74 Å². The molecular formula is C13H25NO. The molecule has 1 aliphatic heterocycles. The SMILES string of the molecule is CC1(C)CC(C2(N)CCCC2)C(C)(C)O1. The Morgan fingerprint density at radius 2 is 1.60 bits per heavy atom. The van der Waals surface area contributed by atoms with Gasteiger partial charge < -0.3 is 10.5 Å². The fraction of sp³-hybridized carbons (Fsp3) is 1.00. The molecule has 1 unspecified atom stereocenters. The summed E-state index contributed by atoms with van der Waals surface area (Å²) in [4.78, 5) is 0. The first-order valence-corrected chi connectivity index (χ1v) is 6.24. The molecule has 1 saturated carbocycles. The van der Waals surface area contributed by atoms with Gasteiger partial charge in [0.05, 0.1) is 11.2 Å². The maximum atomic E-state index is 6.58. The summed E-state index contributed by atoms with van der Waals surface area (Å²) in [5.74, 6) is 0.516. The third-order valence-electron chi connectivity index (χ3n) is 4.30. The average molecular weight is 211 g/mol. The fourth-order valence-corrected chi connectivity index (χ4v) is 3.84. The van der Waals surface area contributed by atoms with E-state index in [1.807, 2.05) is 0 Å². The molecule has 15 heavy (non-hydrogen) atoms. The van der Waals surface area contributed by atoms with Gasteiger partial charge in [-0.25, -0.2) is 0 Å². The van der Waals surface area contributed by atoms with Gasteiger partial charge in [0.1, 0.15) is 0 Å². The molecule has 1 aliphatic carbocycles. The predicted octanol–water partition coefficient (Wildman–Crippen LogP) is 2.85. The zero-order valence-corrected chi connectivity index (χ0v) is 10.6. The maximum absolute atomic E-state index is 6.58. The van der Waals surface area contributed by atoms with Gasteiger partial charge in [-0.3, -0.25) is 0 Å². The first-order valence-electron chi connectivity index (χ1n) is 6.24. The van der Waals surface area contributed by atoms with Crippen LogP contribution < -0.4 is 5.73 Å². The van der Waals surface area contributed by atoms with E-state index in [0.29, 0.717) is 5.92 Å². The van der Waals surface area contributed by atoms with Crippen LogP contribution in [0.2, 0.25) is 0 Å². The van der Waals surface area contributed by atoms with E-state index in [9.17, 15) is 0 Å². The lowest BCUT2D eigenvalue weighted by Gasteiger charge is -2.38. The number of rotatable bonds is 1. The Morgan fingerprint density at radius 1 is 1.07 bits per heavy atom. The summed E-state index contributed by atoms with van der Waals surface area (Å²) in [6, 6.07) is 0. The van der Waals surface area contributed by atoms with Gasteiger partial charge in [0.15, 0.2) is 0 Å². The van der Waals surface area contributed by atoms with Crippen molar-refractivity contribution in [3.63, 3.8) is 0 Å². The largest absolute Gasteiger partial charge is 0.369 e. The summed E-state index contributed by atoms with van der Waals surface area (Å²) in [6.07, 6.45) is 6.06. The van der Waals surface area contributed by atoms with Gasteiger partial charge in [-0.1, -0.05) is 12.8 Å². The van der Waals surface area contributed by atoms with Gasteiger partial charge in [0, 0.05) is 11.5 Å². The molecule has 88 valence electrons. The third kappa shape index (κ3) is 1.94. The van der Waals surface area contributed by atoms with Crippen molar-refractivity contribution in [3.05, 3.63) is 0 Å². The second kappa shape index (κ2) is 3.21. The Balaban J connectivity index is 2.22. The second-order valence-electron chi connectivity index (χ2n) is 6.66. The van der Waals surface area contributed by atoms with Crippen molar-refractivity contribution in [2.24, 2.45) is 11.7 Å². The van der Waals surface area contributed by atoms with E-state index >= 15 is 0 Å². The molecule has 0 spiro atoms. The Bertz CT molecular complexity index is 251. The molecule has 2 aliphatic rings. The van der Waals surface area contributed by atoms with Gasteiger partial charge in [-0.15, -0.1) is 0 Å². The van der Waals surface area contributed by atoms with E-state index in [1.165, 1.54) is 25.7 Å². The van der Waals surface area contributed by atoms with E-state index in [-0.39, 0.29) is 16.7 Å². The summed E-state index contributed by atoms with van der Waals surface area (Å²) in [7, 11) is 0.